The van der Waals surface area contributed by atoms with Crippen LogP contribution in [0, 0.1) is 11.7 Å². The zero-order chi connectivity index (χ0) is 11.8. The van der Waals surface area contributed by atoms with Crippen LogP contribution < -0.4 is 0 Å². The van der Waals surface area contributed by atoms with Gasteiger partial charge in [-0.15, -0.1) is 11.6 Å². The van der Waals surface area contributed by atoms with E-state index in [2.05, 4.69) is 0 Å². The highest BCUT2D eigenvalue weighted by molar-refractivity contribution is 6.21. The van der Waals surface area contributed by atoms with E-state index in [-0.39, 0.29) is 11.2 Å². The lowest BCUT2D eigenvalue weighted by molar-refractivity contribution is 0.638. The molecule has 0 aromatic heterocycles. The number of fused-ring (bicyclic) bond motifs is 1. The van der Waals surface area contributed by atoms with Gasteiger partial charge in [-0.3, -0.25) is 0 Å². The Hall–Kier alpha value is -1.08. The molecule has 88 valence electrons. The average Bonchev–Trinajstić information content (AvgIpc) is 3.14. The number of hydrogen-bond acceptors (Lipinski definition) is 0. The number of rotatable bonds is 3. The lowest BCUT2D eigenvalue weighted by atomic mass is 9.99. The average molecular weight is 249 g/mol. The Balaban J connectivity index is 2.05. The predicted octanol–water partition coefficient (Wildman–Crippen LogP) is 5.06. The van der Waals surface area contributed by atoms with Crippen LogP contribution in [-0.2, 0) is 0 Å². The van der Waals surface area contributed by atoms with E-state index in [0.717, 1.165) is 23.3 Å². The molecule has 0 radical (unpaired) electrons. The van der Waals surface area contributed by atoms with Crippen molar-refractivity contribution in [3.63, 3.8) is 0 Å². The van der Waals surface area contributed by atoms with Gasteiger partial charge in [-0.1, -0.05) is 43.2 Å². The van der Waals surface area contributed by atoms with Crippen LogP contribution >= 0.6 is 11.6 Å². The van der Waals surface area contributed by atoms with Gasteiger partial charge in [-0.25, -0.2) is 4.39 Å². The molecule has 0 saturated heterocycles. The molecule has 0 heterocycles. The molecule has 1 aliphatic rings. The summed E-state index contributed by atoms with van der Waals surface area (Å²) in [7, 11) is 0. The third kappa shape index (κ3) is 2.16. The Morgan fingerprint density at radius 2 is 1.82 bits per heavy atom. The predicted molar refractivity (Wildman–Crippen MR) is 69.8 cm³/mol. The van der Waals surface area contributed by atoms with Gasteiger partial charge in [0.05, 0.1) is 5.38 Å². The largest absolute Gasteiger partial charge is 0.206 e. The maximum Gasteiger partial charge on any atom is 0.131 e. The van der Waals surface area contributed by atoms with Crippen LogP contribution in [-0.4, -0.2) is 0 Å². The molecule has 2 aromatic carbocycles. The molecule has 3 rings (SSSR count). The normalized spacial score (nSPS) is 17.3. The van der Waals surface area contributed by atoms with Gasteiger partial charge in [0.25, 0.3) is 0 Å². The van der Waals surface area contributed by atoms with Crippen LogP contribution in [0.25, 0.3) is 10.8 Å². The zero-order valence-electron chi connectivity index (χ0n) is 9.50. The molecule has 0 bridgehead atoms. The highest BCUT2D eigenvalue weighted by Gasteiger charge is 2.26. The van der Waals surface area contributed by atoms with Gasteiger partial charge < -0.3 is 0 Å². The summed E-state index contributed by atoms with van der Waals surface area (Å²) >= 11 is 6.45. The third-order valence-corrected chi connectivity index (χ3v) is 3.89. The van der Waals surface area contributed by atoms with E-state index in [1.54, 1.807) is 0 Å². The first-order chi connectivity index (χ1) is 8.25. The number of alkyl halides is 1. The van der Waals surface area contributed by atoms with Crippen LogP contribution in [0.4, 0.5) is 4.39 Å². The summed E-state index contributed by atoms with van der Waals surface area (Å²) in [5.74, 6) is 0.612. The molecule has 1 fully saturated rings. The zero-order valence-corrected chi connectivity index (χ0v) is 10.3. The number of halogens is 2. The Bertz CT molecular complexity index is 546. The summed E-state index contributed by atoms with van der Waals surface area (Å²) in [6, 6.07) is 10.9. The summed E-state index contributed by atoms with van der Waals surface area (Å²) in [6.45, 7) is 0. The van der Waals surface area contributed by atoms with Crippen molar-refractivity contribution in [2.45, 2.75) is 24.6 Å². The minimum Gasteiger partial charge on any atom is -0.206 e. The van der Waals surface area contributed by atoms with E-state index in [1.807, 2.05) is 30.3 Å². The van der Waals surface area contributed by atoms with Crippen molar-refractivity contribution in [2.24, 2.45) is 5.92 Å². The van der Waals surface area contributed by atoms with Crippen molar-refractivity contribution < 1.29 is 4.39 Å². The minimum absolute atomic E-state index is 0.00741. The monoisotopic (exact) mass is 248 g/mol. The van der Waals surface area contributed by atoms with Crippen molar-refractivity contribution >= 4 is 22.4 Å². The smallest absolute Gasteiger partial charge is 0.131 e. The molecule has 2 heteroatoms. The third-order valence-electron chi connectivity index (χ3n) is 3.48. The Morgan fingerprint density at radius 3 is 2.53 bits per heavy atom. The van der Waals surface area contributed by atoms with Crippen LogP contribution in [0.5, 0.6) is 0 Å². The van der Waals surface area contributed by atoms with E-state index in [0.29, 0.717) is 5.39 Å². The first-order valence-corrected chi connectivity index (χ1v) is 6.50. The van der Waals surface area contributed by atoms with Crippen molar-refractivity contribution in [3.8, 4) is 0 Å². The number of hydrogen-bond donors (Lipinski definition) is 0. The lowest BCUT2D eigenvalue weighted by Crippen LogP contribution is -1.95. The van der Waals surface area contributed by atoms with E-state index in [4.69, 9.17) is 11.6 Å². The summed E-state index contributed by atoms with van der Waals surface area (Å²) in [6.07, 6.45) is 3.60. The summed E-state index contributed by atoms with van der Waals surface area (Å²) in [4.78, 5) is 0. The van der Waals surface area contributed by atoms with Crippen LogP contribution in [0.3, 0.4) is 0 Å². The van der Waals surface area contributed by atoms with Crippen LogP contribution in [0.1, 0.15) is 30.2 Å². The van der Waals surface area contributed by atoms with Gasteiger partial charge >= 0.3 is 0 Å². The SMILES string of the molecule is Fc1ccc(C(Cl)CC2CC2)c2ccccc12. The quantitative estimate of drug-likeness (QED) is 0.666. The fourth-order valence-electron chi connectivity index (χ4n) is 2.33. The molecule has 2 aromatic rings. The highest BCUT2D eigenvalue weighted by atomic mass is 35.5. The summed E-state index contributed by atoms with van der Waals surface area (Å²) < 4.78 is 13.7. The van der Waals surface area contributed by atoms with E-state index >= 15 is 0 Å². The molecule has 1 atom stereocenters. The second kappa shape index (κ2) is 4.30. The van der Waals surface area contributed by atoms with Gasteiger partial charge in [-0.2, -0.15) is 0 Å². The van der Waals surface area contributed by atoms with Gasteiger partial charge in [-0.05, 0) is 29.4 Å². The molecule has 0 amide bonds. The molecule has 0 N–H and O–H groups in total. The topological polar surface area (TPSA) is 0 Å². The molecule has 1 aliphatic carbocycles. The Kier molecular flexibility index (Phi) is 2.79. The van der Waals surface area contributed by atoms with E-state index in [1.165, 1.54) is 18.9 Å². The van der Waals surface area contributed by atoms with Crippen molar-refractivity contribution in [3.05, 3.63) is 47.8 Å². The fourth-order valence-corrected chi connectivity index (χ4v) is 2.77. The molecule has 0 nitrogen and oxygen atoms in total. The fraction of sp³-hybridized carbons (Fsp3) is 0.333. The van der Waals surface area contributed by atoms with Crippen molar-refractivity contribution in [2.75, 3.05) is 0 Å². The van der Waals surface area contributed by atoms with Crippen molar-refractivity contribution in [1.29, 1.82) is 0 Å². The van der Waals surface area contributed by atoms with Gasteiger partial charge in [0, 0.05) is 5.39 Å². The van der Waals surface area contributed by atoms with Gasteiger partial charge in [0.15, 0.2) is 0 Å². The molecule has 17 heavy (non-hydrogen) atoms. The molecule has 0 spiro atoms. The first kappa shape index (κ1) is 11.0. The Labute approximate surface area is 105 Å². The first-order valence-electron chi connectivity index (χ1n) is 6.07. The molecule has 1 saturated carbocycles. The molecule has 1 unspecified atom stereocenters. The van der Waals surface area contributed by atoms with Gasteiger partial charge in [0.2, 0.25) is 0 Å². The molecular formula is C15H14ClF. The summed E-state index contributed by atoms with van der Waals surface area (Å²) in [5.41, 5.74) is 1.07. The standard InChI is InChI=1S/C15H14ClF/c16-14(9-10-5-6-10)12-7-8-15(17)13-4-2-1-3-11(12)13/h1-4,7-8,10,14H,5-6,9H2. The highest BCUT2D eigenvalue weighted by Crippen LogP contribution is 2.42. The second-order valence-corrected chi connectivity index (χ2v) is 5.36. The van der Waals surface area contributed by atoms with Crippen LogP contribution in [0.15, 0.2) is 36.4 Å². The lowest BCUT2D eigenvalue weighted by Gasteiger charge is -2.12. The van der Waals surface area contributed by atoms with Crippen molar-refractivity contribution in [1.82, 2.24) is 0 Å². The number of benzene rings is 2. The minimum atomic E-state index is -0.167. The summed E-state index contributed by atoms with van der Waals surface area (Å²) in [5, 5.41) is 1.63. The molecular weight excluding hydrogens is 235 g/mol. The maximum absolute atomic E-state index is 13.7. The van der Waals surface area contributed by atoms with E-state index < -0.39 is 0 Å². The van der Waals surface area contributed by atoms with E-state index in [9.17, 15) is 4.39 Å². The van der Waals surface area contributed by atoms with Gasteiger partial charge in [0.1, 0.15) is 5.82 Å². The second-order valence-electron chi connectivity index (χ2n) is 4.83. The maximum atomic E-state index is 13.7. The molecule has 0 aliphatic heterocycles. The van der Waals surface area contributed by atoms with Crippen LogP contribution in [0.2, 0.25) is 0 Å². The Morgan fingerprint density at radius 1 is 1.12 bits per heavy atom.